The van der Waals surface area contributed by atoms with E-state index in [1.165, 1.54) is 0 Å². The lowest BCUT2D eigenvalue weighted by Gasteiger charge is -2.10. The summed E-state index contributed by atoms with van der Waals surface area (Å²) in [5.74, 6) is 1.36. The molecule has 3 aromatic rings. The van der Waals surface area contributed by atoms with Gasteiger partial charge in [0.2, 0.25) is 0 Å². The summed E-state index contributed by atoms with van der Waals surface area (Å²) >= 11 is 0. The summed E-state index contributed by atoms with van der Waals surface area (Å²) in [6, 6.07) is 11.7. The van der Waals surface area contributed by atoms with Crippen LogP contribution in [0.3, 0.4) is 0 Å². The molecule has 1 amide bonds. The Hall–Kier alpha value is -3.15. The van der Waals surface area contributed by atoms with E-state index in [2.05, 4.69) is 21.5 Å². The summed E-state index contributed by atoms with van der Waals surface area (Å²) in [5, 5.41) is 7.24. The molecule has 0 spiro atoms. The zero-order valence-electron chi connectivity index (χ0n) is 15.9. The Morgan fingerprint density at radius 3 is 2.63 bits per heavy atom. The first-order chi connectivity index (χ1) is 13.1. The number of nitrogens with one attached hydrogen (secondary N) is 1. The number of carbonyl (C=O) groups excluding carboxylic acids is 1. The molecule has 6 nitrogen and oxygen atoms in total. The highest BCUT2D eigenvalue weighted by atomic mass is 16.5. The number of amides is 1. The van der Waals surface area contributed by atoms with Crippen LogP contribution in [0.2, 0.25) is 0 Å². The van der Waals surface area contributed by atoms with Crippen LogP contribution in [0.1, 0.15) is 34.1 Å². The van der Waals surface area contributed by atoms with E-state index in [4.69, 9.17) is 4.74 Å². The number of aryl methyl sites for hydroxylation is 2. The van der Waals surface area contributed by atoms with E-state index in [1.807, 2.05) is 51.1 Å². The third-order valence-corrected chi connectivity index (χ3v) is 4.17. The lowest BCUT2D eigenvalue weighted by molar-refractivity contribution is 0.0946. The van der Waals surface area contributed by atoms with Crippen molar-refractivity contribution in [1.82, 2.24) is 20.1 Å². The summed E-state index contributed by atoms with van der Waals surface area (Å²) in [4.78, 5) is 16.9. The third kappa shape index (κ3) is 4.53. The van der Waals surface area contributed by atoms with Crippen LogP contribution in [0, 0.1) is 13.8 Å². The smallest absolute Gasteiger partial charge is 0.254 e. The van der Waals surface area contributed by atoms with Crippen LogP contribution in [0.25, 0.3) is 5.82 Å². The molecule has 1 aromatic carbocycles. The number of hydrogen-bond donors (Lipinski definition) is 1. The van der Waals surface area contributed by atoms with Gasteiger partial charge >= 0.3 is 0 Å². The average molecular weight is 364 g/mol. The first-order valence-corrected chi connectivity index (χ1v) is 9.06. The van der Waals surface area contributed by atoms with E-state index < -0.39 is 0 Å². The van der Waals surface area contributed by atoms with Crippen molar-refractivity contribution < 1.29 is 9.53 Å². The second-order valence-corrected chi connectivity index (χ2v) is 6.39. The van der Waals surface area contributed by atoms with Crippen molar-refractivity contribution in [3.63, 3.8) is 0 Å². The standard InChI is InChI=1S/C21H24N4O2/c1-4-19-18(14-24-25(19)20-7-5-6-8-22-20)21(26)23-9-10-27-17-12-15(2)11-16(3)13-17/h5-8,11-14H,4,9-10H2,1-3H3,(H,23,26). The van der Waals surface area contributed by atoms with Crippen LogP contribution in [-0.2, 0) is 6.42 Å². The number of benzene rings is 1. The van der Waals surface area contributed by atoms with Gasteiger partial charge in [0.25, 0.3) is 5.91 Å². The number of carbonyl (C=O) groups is 1. The summed E-state index contributed by atoms with van der Waals surface area (Å²) < 4.78 is 7.45. The highest BCUT2D eigenvalue weighted by Crippen LogP contribution is 2.16. The highest BCUT2D eigenvalue weighted by Gasteiger charge is 2.17. The lowest BCUT2D eigenvalue weighted by Crippen LogP contribution is -2.28. The Morgan fingerprint density at radius 2 is 1.96 bits per heavy atom. The molecule has 140 valence electrons. The number of pyridine rings is 1. The Bertz CT molecular complexity index is 899. The fraction of sp³-hybridized carbons (Fsp3) is 0.286. The van der Waals surface area contributed by atoms with Gasteiger partial charge in [0.1, 0.15) is 12.4 Å². The Kier molecular flexibility index (Phi) is 5.86. The van der Waals surface area contributed by atoms with Gasteiger partial charge < -0.3 is 10.1 Å². The molecule has 0 radical (unpaired) electrons. The maximum atomic E-state index is 12.5. The first-order valence-electron chi connectivity index (χ1n) is 9.06. The molecule has 6 heteroatoms. The number of ether oxygens (including phenoxy) is 1. The maximum Gasteiger partial charge on any atom is 0.254 e. The molecule has 27 heavy (non-hydrogen) atoms. The number of nitrogens with zero attached hydrogens (tertiary/aromatic N) is 3. The van der Waals surface area contributed by atoms with Gasteiger partial charge in [0, 0.05) is 6.20 Å². The maximum absolute atomic E-state index is 12.5. The van der Waals surface area contributed by atoms with Crippen LogP contribution in [0.15, 0.2) is 48.8 Å². The molecule has 0 fully saturated rings. The zero-order valence-corrected chi connectivity index (χ0v) is 15.9. The van der Waals surface area contributed by atoms with Gasteiger partial charge in [-0.05, 0) is 55.7 Å². The molecule has 0 bridgehead atoms. The van der Waals surface area contributed by atoms with Crippen LogP contribution in [0.5, 0.6) is 5.75 Å². The number of aromatic nitrogens is 3. The van der Waals surface area contributed by atoms with Crippen LogP contribution in [-0.4, -0.2) is 33.8 Å². The molecule has 2 heterocycles. The normalized spacial score (nSPS) is 10.6. The molecule has 0 atom stereocenters. The molecule has 0 aliphatic carbocycles. The van der Waals surface area contributed by atoms with Crippen molar-refractivity contribution in [3.8, 4) is 11.6 Å². The third-order valence-electron chi connectivity index (χ3n) is 4.17. The van der Waals surface area contributed by atoms with Gasteiger partial charge in [-0.3, -0.25) is 4.79 Å². The molecular weight excluding hydrogens is 340 g/mol. The van der Waals surface area contributed by atoms with Crippen LogP contribution < -0.4 is 10.1 Å². The van der Waals surface area contributed by atoms with Crippen molar-refractivity contribution in [2.75, 3.05) is 13.2 Å². The minimum absolute atomic E-state index is 0.155. The molecule has 0 unspecified atom stereocenters. The predicted octanol–water partition coefficient (Wildman–Crippen LogP) is 3.26. The molecular formula is C21H24N4O2. The molecule has 3 rings (SSSR count). The highest BCUT2D eigenvalue weighted by molar-refractivity contribution is 5.95. The van der Waals surface area contributed by atoms with E-state index in [9.17, 15) is 4.79 Å². The van der Waals surface area contributed by atoms with Crippen LogP contribution in [0.4, 0.5) is 0 Å². The topological polar surface area (TPSA) is 69.0 Å². The minimum atomic E-state index is -0.155. The van der Waals surface area contributed by atoms with E-state index in [-0.39, 0.29) is 5.91 Å². The summed E-state index contributed by atoms with van der Waals surface area (Å²) in [7, 11) is 0. The van der Waals surface area contributed by atoms with E-state index in [0.717, 1.165) is 22.6 Å². The molecule has 0 saturated carbocycles. The fourth-order valence-electron chi connectivity index (χ4n) is 3.03. The summed E-state index contributed by atoms with van der Waals surface area (Å²) in [6.07, 6.45) is 3.98. The van der Waals surface area contributed by atoms with Gasteiger partial charge in [-0.25, -0.2) is 9.67 Å². The monoisotopic (exact) mass is 364 g/mol. The van der Waals surface area contributed by atoms with Crippen molar-refractivity contribution in [2.24, 2.45) is 0 Å². The largest absolute Gasteiger partial charge is 0.492 e. The second kappa shape index (κ2) is 8.49. The summed E-state index contributed by atoms with van der Waals surface area (Å²) in [6.45, 7) is 6.89. The van der Waals surface area contributed by atoms with Crippen molar-refractivity contribution in [3.05, 3.63) is 71.2 Å². The Morgan fingerprint density at radius 1 is 1.19 bits per heavy atom. The molecule has 0 aliphatic rings. The molecule has 2 aromatic heterocycles. The molecule has 0 saturated heterocycles. The molecule has 0 aliphatic heterocycles. The van der Waals surface area contributed by atoms with E-state index in [0.29, 0.717) is 31.0 Å². The van der Waals surface area contributed by atoms with Crippen molar-refractivity contribution >= 4 is 5.91 Å². The quantitative estimate of drug-likeness (QED) is 0.654. The second-order valence-electron chi connectivity index (χ2n) is 6.39. The lowest BCUT2D eigenvalue weighted by atomic mass is 10.1. The van der Waals surface area contributed by atoms with Gasteiger partial charge in [-0.2, -0.15) is 5.10 Å². The van der Waals surface area contributed by atoms with E-state index >= 15 is 0 Å². The van der Waals surface area contributed by atoms with Gasteiger partial charge in [0.15, 0.2) is 5.82 Å². The van der Waals surface area contributed by atoms with Crippen LogP contribution >= 0.6 is 0 Å². The Labute approximate surface area is 159 Å². The van der Waals surface area contributed by atoms with Crippen molar-refractivity contribution in [2.45, 2.75) is 27.2 Å². The van der Waals surface area contributed by atoms with Gasteiger partial charge in [-0.1, -0.05) is 19.1 Å². The predicted molar refractivity (Wildman–Crippen MR) is 104 cm³/mol. The number of hydrogen-bond acceptors (Lipinski definition) is 4. The van der Waals surface area contributed by atoms with Gasteiger partial charge in [-0.15, -0.1) is 0 Å². The molecule has 1 N–H and O–H groups in total. The Balaban J connectivity index is 1.60. The zero-order chi connectivity index (χ0) is 19.2. The van der Waals surface area contributed by atoms with E-state index in [1.54, 1.807) is 17.1 Å². The fourth-order valence-corrected chi connectivity index (χ4v) is 3.03. The summed E-state index contributed by atoms with van der Waals surface area (Å²) in [5.41, 5.74) is 3.71. The van der Waals surface area contributed by atoms with Gasteiger partial charge in [0.05, 0.1) is 24.0 Å². The average Bonchev–Trinajstić information content (AvgIpc) is 3.09. The van der Waals surface area contributed by atoms with Crippen molar-refractivity contribution in [1.29, 1.82) is 0 Å². The number of rotatable bonds is 7. The minimum Gasteiger partial charge on any atom is -0.492 e. The SMILES string of the molecule is CCc1c(C(=O)NCCOc2cc(C)cc(C)c2)cnn1-c1ccccn1. The first kappa shape index (κ1) is 18.6.